The first-order chi connectivity index (χ1) is 9.63. The van der Waals surface area contributed by atoms with E-state index in [1.165, 1.54) is 6.20 Å². The van der Waals surface area contributed by atoms with Crippen molar-refractivity contribution in [3.63, 3.8) is 0 Å². The Balaban J connectivity index is 2.03. The van der Waals surface area contributed by atoms with E-state index in [1.807, 2.05) is 24.3 Å². The van der Waals surface area contributed by atoms with Crippen LogP contribution in [-0.2, 0) is 0 Å². The van der Waals surface area contributed by atoms with Gasteiger partial charge in [-0.15, -0.1) is 0 Å². The second-order valence-electron chi connectivity index (χ2n) is 4.21. The Labute approximate surface area is 128 Å². The summed E-state index contributed by atoms with van der Waals surface area (Å²) in [5, 5.41) is 12.4. The number of fused-ring (bicyclic) bond motifs is 1. The number of hydrogen-bond acceptors (Lipinski definition) is 3. The van der Waals surface area contributed by atoms with Gasteiger partial charge in [-0.25, -0.2) is 4.98 Å². The Morgan fingerprint density at radius 3 is 2.50 bits per heavy atom. The average Bonchev–Trinajstić information content (AvgIpc) is 2.42. The van der Waals surface area contributed by atoms with E-state index in [2.05, 4.69) is 20.9 Å². The van der Waals surface area contributed by atoms with Crippen molar-refractivity contribution in [1.82, 2.24) is 4.98 Å². The standard InChI is InChI=1S/C15H9BrClNO2/c16-12-7-11(17)8-18-15(12)20-14-6-10-4-2-1-3-9(10)5-13(14)19/h1-8,19H. The summed E-state index contributed by atoms with van der Waals surface area (Å²) >= 11 is 9.16. The molecule has 0 aliphatic rings. The minimum Gasteiger partial charge on any atom is -0.504 e. The van der Waals surface area contributed by atoms with Crippen molar-refractivity contribution in [2.45, 2.75) is 0 Å². The Bertz CT molecular complexity index is 792. The van der Waals surface area contributed by atoms with E-state index in [1.54, 1.807) is 18.2 Å². The van der Waals surface area contributed by atoms with Crippen LogP contribution in [0.4, 0.5) is 0 Å². The van der Waals surface area contributed by atoms with Crippen LogP contribution in [0, 0.1) is 0 Å². The van der Waals surface area contributed by atoms with Gasteiger partial charge in [0.05, 0.1) is 9.50 Å². The molecule has 0 radical (unpaired) electrons. The van der Waals surface area contributed by atoms with E-state index in [-0.39, 0.29) is 5.75 Å². The minimum absolute atomic E-state index is 0.0624. The van der Waals surface area contributed by atoms with Crippen LogP contribution in [0.1, 0.15) is 0 Å². The summed E-state index contributed by atoms with van der Waals surface area (Å²) in [6, 6.07) is 12.8. The van der Waals surface area contributed by atoms with E-state index >= 15 is 0 Å². The summed E-state index contributed by atoms with van der Waals surface area (Å²) in [6.07, 6.45) is 1.49. The number of ether oxygens (including phenoxy) is 1. The van der Waals surface area contributed by atoms with Gasteiger partial charge in [0.1, 0.15) is 0 Å². The van der Waals surface area contributed by atoms with Gasteiger partial charge in [-0.3, -0.25) is 0 Å². The molecule has 100 valence electrons. The van der Waals surface area contributed by atoms with E-state index in [0.717, 1.165) is 10.8 Å². The summed E-state index contributed by atoms with van der Waals surface area (Å²) in [4.78, 5) is 4.08. The molecule has 2 aromatic carbocycles. The quantitative estimate of drug-likeness (QED) is 0.695. The van der Waals surface area contributed by atoms with E-state index in [4.69, 9.17) is 16.3 Å². The molecule has 0 aliphatic heterocycles. The molecule has 0 saturated heterocycles. The fourth-order valence-electron chi connectivity index (χ4n) is 1.87. The van der Waals surface area contributed by atoms with Crippen molar-refractivity contribution in [2.24, 2.45) is 0 Å². The van der Waals surface area contributed by atoms with Crippen molar-refractivity contribution < 1.29 is 9.84 Å². The van der Waals surface area contributed by atoms with Crippen LogP contribution in [0.2, 0.25) is 5.02 Å². The van der Waals surface area contributed by atoms with Gasteiger partial charge >= 0.3 is 0 Å². The first kappa shape index (κ1) is 13.2. The fraction of sp³-hybridized carbons (Fsp3) is 0. The van der Waals surface area contributed by atoms with Crippen molar-refractivity contribution in [3.05, 3.63) is 58.2 Å². The van der Waals surface area contributed by atoms with Gasteiger partial charge in [0.25, 0.3) is 0 Å². The van der Waals surface area contributed by atoms with Gasteiger partial charge in [0.15, 0.2) is 11.5 Å². The molecule has 0 atom stereocenters. The van der Waals surface area contributed by atoms with Crippen LogP contribution >= 0.6 is 27.5 Å². The molecule has 1 N–H and O–H groups in total. The Hall–Kier alpha value is -1.78. The number of hydrogen-bond donors (Lipinski definition) is 1. The highest BCUT2D eigenvalue weighted by atomic mass is 79.9. The maximum absolute atomic E-state index is 10.0. The highest BCUT2D eigenvalue weighted by Crippen LogP contribution is 2.36. The van der Waals surface area contributed by atoms with Crippen LogP contribution in [0.5, 0.6) is 17.4 Å². The first-order valence-electron chi connectivity index (χ1n) is 5.84. The molecule has 0 spiro atoms. The van der Waals surface area contributed by atoms with Gasteiger partial charge in [-0.1, -0.05) is 35.9 Å². The monoisotopic (exact) mass is 349 g/mol. The van der Waals surface area contributed by atoms with Gasteiger partial charge < -0.3 is 9.84 Å². The lowest BCUT2D eigenvalue weighted by molar-refractivity contribution is 0.402. The molecule has 1 aromatic heterocycles. The van der Waals surface area contributed by atoms with Crippen molar-refractivity contribution in [2.75, 3.05) is 0 Å². The maximum atomic E-state index is 10.0. The molecule has 3 rings (SSSR count). The van der Waals surface area contributed by atoms with Gasteiger partial charge in [-0.2, -0.15) is 0 Å². The van der Waals surface area contributed by atoms with Crippen LogP contribution in [0.25, 0.3) is 10.8 Å². The zero-order chi connectivity index (χ0) is 14.1. The van der Waals surface area contributed by atoms with Crippen molar-refractivity contribution >= 4 is 38.3 Å². The lowest BCUT2D eigenvalue weighted by Crippen LogP contribution is -1.90. The zero-order valence-electron chi connectivity index (χ0n) is 10.2. The molecule has 0 amide bonds. The summed E-state index contributed by atoms with van der Waals surface area (Å²) in [7, 11) is 0. The second kappa shape index (κ2) is 5.31. The number of nitrogens with zero attached hydrogens (tertiary/aromatic N) is 1. The van der Waals surface area contributed by atoms with Crippen LogP contribution in [0.15, 0.2) is 53.1 Å². The molecule has 5 heteroatoms. The zero-order valence-corrected chi connectivity index (χ0v) is 12.5. The van der Waals surface area contributed by atoms with Gasteiger partial charge in [-0.05, 0) is 44.9 Å². The molecule has 0 fully saturated rings. The number of aromatic hydroxyl groups is 1. The molecule has 20 heavy (non-hydrogen) atoms. The largest absolute Gasteiger partial charge is 0.504 e. The predicted molar refractivity (Wildman–Crippen MR) is 82.6 cm³/mol. The Kier molecular flexibility index (Phi) is 3.51. The van der Waals surface area contributed by atoms with E-state index in [9.17, 15) is 5.11 Å². The van der Waals surface area contributed by atoms with Crippen molar-refractivity contribution in [1.29, 1.82) is 0 Å². The molecule has 3 aromatic rings. The molecule has 0 saturated carbocycles. The summed E-state index contributed by atoms with van der Waals surface area (Å²) < 4.78 is 6.26. The van der Waals surface area contributed by atoms with Gasteiger partial charge in [0, 0.05) is 6.20 Å². The van der Waals surface area contributed by atoms with E-state index in [0.29, 0.717) is 21.1 Å². The Morgan fingerprint density at radius 1 is 1.10 bits per heavy atom. The summed E-state index contributed by atoms with van der Waals surface area (Å²) in [5.74, 6) is 0.756. The average molecular weight is 351 g/mol. The minimum atomic E-state index is 0.0624. The number of phenolic OH excluding ortho intramolecular Hbond substituents is 1. The van der Waals surface area contributed by atoms with Crippen molar-refractivity contribution in [3.8, 4) is 17.4 Å². The maximum Gasteiger partial charge on any atom is 0.233 e. The fourth-order valence-corrected chi connectivity index (χ4v) is 2.59. The third-order valence-corrected chi connectivity index (χ3v) is 3.58. The lowest BCUT2D eigenvalue weighted by Gasteiger charge is -2.09. The number of rotatable bonds is 2. The summed E-state index contributed by atoms with van der Waals surface area (Å²) in [5.41, 5.74) is 0. The molecule has 1 heterocycles. The smallest absolute Gasteiger partial charge is 0.233 e. The highest BCUT2D eigenvalue weighted by Gasteiger charge is 2.10. The third kappa shape index (κ3) is 2.57. The molecule has 0 bridgehead atoms. The van der Waals surface area contributed by atoms with Crippen LogP contribution in [0.3, 0.4) is 0 Å². The molecule has 0 unspecified atom stereocenters. The Morgan fingerprint density at radius 2 is 1.80 bits per heavy atom. The predicted octanol–water partition coefficient (Wildman–Crippen LogP) is 5.15. The number of aromatic nitrogens is 1. The van der Waals surface area contributed by atoms with Crippen LogP contribution < -0.4 is 4.74 Å². The number of halogens is 2. The molecular formula is C15H9BrClNO2. The third-order valence-electron chi connectivity index (χ3n) is 2.81. The van der Waals surface area contributed by atoms with Crippen LogP contribution in [-0.4, -0.2) is 10.1 Å². The van der Waals surface area contributed by atoms with E-state index < -0.39 is 0 Å². The first-order valence-corrected chi connectivity index (χ1v) is 7.01. The second-order valence-corrected chi connectivity index (χ2v) is 5.50. The number of phenols is 1. The normalized spacial score (nSPS) is 10.7. The SMILES string of the molecule is Oc1cc2ccccc2cc1Oc1ncc(Cl)cc1Br. The number of pyridine rings is 1. The summed E-state index contributed by atoms with van der Waals surface area (Å²) in [6.45, 7) is 0. The molecule has 0 aliphatic carbocycles. The topological polar surface area (TPSA) is 42.4 Å². The number of benzene rings is 2. The molecule has 3 nitrogen and oxygen atoms in total. The lowest BCUT2D eigenvalue weighted by atomic mass is 10.1. The van der Waals surface area contributed by atoms with Gasteiger partial charge in [0.2, 0.25) is 5.88 Å². The highest BCUT2D eigenvalue weighted by molar-refractivity contribution is 9.10. The molecular weight excluding hydrogens is 342 g/mol.